The first-order valence-electron chi connectivity index (χ1n) is 7.47. The molecule has 0 aromatic heterocycles. The highest BCUT2D eigenvalue weighted by Gasteiger charge is 2.43. The number of hydrazine groups is 1. The Morgan fingerprint density at radius 2 is 0.800 bits per heavy atom. The molecule has 4 heteroatoms. The Labute approximate surface area is 124 Å². The molecule has 0 bridgehead atoms. The van der Waals surface area contributed by atoms with Gasteiger partial charge in [-0.25, -0.2) is 10.9 Å². The van der Waals surface area contributed by atoms with Crippen molar-refractivity contribution in [2.75, 3.05) is 0 Å². The number of hydrogen-bond donors (Lipinski definition) is 2. The highest BCUT2D eigenvalue weighted by molar-refractivity contribution is 5.15. The van der Waals surface area contributed by atoms with Crippen molar-refractivity contribution >= 4 is 0 Å². The van der Waals surface area contributed by atoms with E-state index in [0.717, 1.165) is 0 Å². The normalized spacial score (nSPS) is 13.1. The largest absolute Gasteiger partial charge is 0.236 e. The maximum absolute atomic E-state index is 9.63. The van der Waals surface area contributed by atoms with E-state index in [0.29, 0.717) is 0 Å². The lowest BCUT2D eigenvalue weighted by Gasteiger charge is -2.42. The Bertz CT molecular complexity index is 328. The second-order valence-electron chi connectivity index (χ2n) is 6.83. The Kier molecular flexibility index (Phi) is 6.68. The van der Waals surface area contributed by atoms with Crippen LogP contribution in [0, 0.1) is 46.3 Å². The van der Waals surface area contributed by atoms with Crippen LogP contribution in [0.2, 0.25) is 0 Å². The lowest BCUT2D eigenvalue weighted by atomic mass is 9.77. The van der Waals surface area contributed by atoms with Gasteiger partial charge in [0.25, 0.3) is 0 Å². The van der Waals surface area contributed by atoms with Gasteiger partial charge in [-0.1, -0.05) is 55.4 Å². The van der Waals surface area contributed by atoms with Gasteiger partial charge in [-0.2, -0.15) is 10.5 Å². The molecule has 0 aromatic rings. The van der Waals surface area contributed by atoms with Gasteiger partial charge < -0.3 is 0 Å². The highest BCUT2D eigenvalue weighted by Crippen LogP contribution is 2.28. The number of nitrogens with one attached hydrogen (secondary N) is 2. The molecule has 0 saturated carbocycles. The summed E-state index contributed by atoms with van der Waals surface area (Å²) in [6.07, 6.45) is 0. The van der Waals surface area contributed by atoms with E-state index in [-0.39, 0.29) is 23.7 Å². The minimum Gasteiger partial charge on any atom is -0.236 e. The maximum Gasteiger partial charge on any atom is 0.123 e. The number of nitrogens with zero attached hydrogens (tertiary/aromatic N) is 2. The third kappa shape index (κ3) is 3.32. The zero-order chi connectivity index (χ0) is 16.1. The monoisotopic (exact) mass is 278 g/mol. The Morgan fingerprint density at radius 1 is 0.600 bits per heavy atom. The molecule has 20 heavy (non-hydrogen) atoms. The molecule has 2 N–H and O–H groups in total. The lowest BCUT2D eigenvalue weighted by molar-refractivity contribution is 0.129. The van der Waals surface area contributed by atoms with E-state index in [4.69, 9.17) is 0 Å². The van der Waals surface area contributed by atoms with E-state index in [1.54, 1.807) is 0 Å². The van der Waals surface area contributed by atoms with Crippen molar-refractivity contribution in [3.63, 3.8) is 0 Å². The Morgan fingerprint density at radius 3 is 0.900 bits per heavy atom. The van der Waals surface area contributed by atoms with Crippen LogP contribution < -0.4 is 10.9 Å². The number of rotatable bonds is 7. The molecule has 0 heterocycles. The van der Waals surface area contributed by atoms with Crippen LogP contribution in [0.15, 0.2) is 0 Å². The maximum atomic E-state index is 9.63. The minimum atomic E-state index is -0.689. The van der Waals surface area contributed by atoms with Crippen molar-refractivity contribution in [1.82, 2.24) is 10.9 Å². The van der Waals surface area contributed by atoms with Crippen molar-refractivity contribution in [2.24, 2.45) is 23.7 Å². The number of nitriles is 2. The second kappa shape index (κ2) is 7.07. The SMILES string of the molecule is CC(C)C(C#N)(NNC(C#N)(C(C)C)C(C)C)C(C)C. The van der Waals surface area contributed by atoms with Crippen molar-refractivity contribution in [3.8, 4) is 12.1 Å². The van der Waals surface area contributed by atoms with Crippen LogP contribution in [0.1, 0.15) is 55.4 Å². The lowest BCUT2D eigenvalue weighted by Crippen LogP contribution is -2.67. The van der Waals surface area contributed by atoms with Gasteiger partial charge in [0.05, 0.1) is 12.1 Å². The first kappa shape index (κ1) is 18.9. The molecule has 0 aliphatic rings. The summed E-state index contributed by atoms with van der Waals surface area (Å²) in [5.41, 5.74) is 5.03. The molecular weight excluding hydrogens is 248 g/mol. The average Bonchev–Trinajstić information content (AvgIpc) is 2.33. The highest BCUT2D eigenvalue weighted by atomic mass is 15.4. The Hall–Kier alpha value is -1.10. The molecule has 0 saturated heterocycles. The zero-order valence-electron chi connectivity index (χ0n) is 14.2. The van der Waals surface area contributed by atoms with E-state index in [1.165, 1.54) is 0 Å². The summed E-state index contributed by atoms with van der Waals surface area (Å²) < 4.78 is 0. The van der Waals surface area contributed by atoms with E-state index < -0.39 is 11.1 Å². The number of hydrogen-bond acceptors (Lipinski definition) is 4. The molecule has 0 aliphatic heterocycles. The van der Waals surface area contributed by atoms with Crippen molar-refractivity contribution < 1.29 is 0 Å². The van der Waals surface area contributed by atoms with Gasteiger partial charge in [0.1, 0.15) is 11.1 Å². The fourth-order valence-electron chi connectivity index (χ4n) is 2.69. The van der Waals surface area contributed by atoms with Crippen LogP contribution in [0.25, 0.3) is 0 Å². The van der Waals surface area contributed by atoms with E-state index in [9.17, 15) is 10.5 Å². The van der Waals surface area contributed by atoms with Gasteiger partial charge in [0.2, 0.25) is 0 Å². The summed E-state index contributed by atoms with van der Waals surface area (Å²) in [4.78, 5) is 0. The first-order chi connectivity index (χ1) is 9.10. The van der Waals surface area contributed by atoms with Crippen molar-refractivity contribution in [3.05, 3.63) is 0 Å². The van der Waals surface area contributed by atoms with Crippen LogP contribution in [-0.4, -0.2) is 11.1 Å². The van der Waals surface area contributed by atoms with Gasteiger partial charge in [0, 0.05) is 0 Å². The predicted molar refractivity (Wildman–Crippen MR) is 82.3 cm³/mol. The van der Waals surface area contributed by atoms with E-state index in [1.807, 2.05) is 55.4 Å². The molecule has 0 rings (SSSR count). The molecule has 0 spiro atoms. The van der Waals surface area contributed by atoms with Crippen LogP contribution in [0.4, 0.5) is 0 Å². The van der Waals surface area contributed by atoms with Crippen LogP contribution in [0.5, 0.6) is 0 Å². The van der Waals surface area contributed by atoms with Crippen LogP contribution >= 0.6 is 0 Å². The fourth-order valence-corrected chi connectivity index (χ4v) is 2.69. The third-order valence-corrected chi connectivity index (χ3v) is 4.49. The summed E-state index contributed by atoms with van der Waals surface area (Å²) >= 11 is 0. The third-order valence-electron chi connectivity index (χ3n) is 4.49. The van der Waals surface area contributed by atoms with Gasteiger partial charge in [-0.3, -0.25) is 0 Å². The minimum absolute atomic E-state index is 0.135. The fraction of sp³-hybridized carbons (Fsp3) is 0.875. The van der Waals surface area contributed by atoms with E-state index in [2.05, 4.69) is 23.0 Å². The van der Waals surface area contributed by atoms with Gasteiger partial charge in [0.15, 0.2) is 0 Å². The summed E-state index contributed by atoms with van der Waals surface area (Å²) in [7, 11) is 0. The summed E-state index contributed by atoms with van der Waals surface area (Å²) in [5, 5.41) is 19.3. The van der Waals surface area contributed by atoms with Crippen molar-refractivity contribution in [2.45, 2.75) is 66.5 Å². The van der Waals surface area contributed by atoms with Gasteiger partial charge >= 0.3 is 0 Å². The summed E-state index contributed by atoms with van der Waals surface area (Å²) in [5.74, 6) is 0.540. The molecule has 0 fully saturated rings. The summed E-state index contributed by atoms with van der Waals surface area (Å²) in [6, 6.07) is 4.81. The summed E-state index contributed by atoms with van der Waals surface area (Å²) in [6.45, 7) is 16.2. The molecular formula is C16H30N4. The molecule has 0 aromatic carbocycles. The van der Waals surface area contributed by atoms with Crippen LogP contribution in [-0.2, 0) is 0 Å². The smallest absolute Gasteiger partial charge is 0.123 e. The quantitative estimate of drug-likeness (QED) is 0.701. The topological polar surface area (TPSA) is 71.6 Å². The van der Waals surface area contributed by atoms with Crippen LogP contribution in [0.3, 0.4) is 0 Å². The predicted octanol–water partition coefficient (Wildman–Crippen LogP) is 3.23. The Balaban J connectivity index is 5.41. The molecule has 4 nitrogen and oxygen atoms in total. The van der Waals surface area contributed by atoms with Gasteiger partial charge in [-0.05, 0) is 23.7 Å². The standard InChI is InChI=1S/C16H30N4/c1-11(2)15(9-17,12(3)4)19-20-16(10-18,13(5)6)14(7)8/h11-14,19-20H,1-8H3. The second-order valence-corrected chi connectivity index (χ2v) is 6.83. The molecule has 0 amide bonds. The first-order valence-corrected chi connectivity index (χ1v) is 7.47. The molecule has 0 aliphatic carbocycles. The van der Waals surface area contributed by atoms with Crippen molar-refractivity contribution in [1.29, 1.82) is 10.5 Å². The molecule has 114 valence electrons. The van der Waals surface area contributed by atoms with E-state index >= 15 is 0 Å². The molecule has 0 radical (unpaired) electrons. The van der Waals surface area contributed by atoms with Gasteiger partial charge in [-0.15, -0.1) is 0 Å². The molecule has 0 atom stereocenters. The molecule has 0 unspecified atom stereocenters. The average molecular weight is 278 g/mol. The zero-order valence-corrected chi connectivity index (χ0v) is 14.2.